The fourth-order valence-electron chi connectivity index (χ4n) is 10.5. The summed E-state index contributed by atoms with van der Waals surface area (Å²) in [5.74, 6) is -1.36. The minimum absolute atomic E-state index is 0.00521. The second-order valence-corrected chi connectivity index (χ2v) is 17.6. The number of phenolic OH excluding ortho intramolecular Hbond substituents is 1. The van der Waals surface area contributed by atoms with Gasteiger partial charge in [-0.1, -0.05) is 84.6 Å². The number of cyclic esters (lactones) is 1. The van der Waals surface area contributed by atoms with Crippen LogP contribution in [-0.2, 0) is 57.8 Å². The standard InChI is InChI=1S/C55H52N4O13/c1-67-31-32-71-54(66)58-43-26-17-34(11-10-16-41(50(62)68-2)51(63)69-3)33-42(43)55(53(58)65)44(49(61)56-38-20-22-39(23-21-38)57-27-29-70-30-28-57)46-52(64)72-47(36-14-8-5-9-15-36)45(35-12-6-4-7-13-35)59(46)48(55)37-18-24-40(60)25-19-37/h4-9,12-15,17-26,33,41,44-48,60H,16,27-32H2,1-3H3,(H,56,61). The van der Waals surface area contributed by atoms with E-state index in [4.69, 9.17) is 28.4 Å². The Kier molecular flexibility index (Phi) is 14.4. The Bertz CT molecular complexity index is 2880. The van der Waals surface area contributed by atoms with Gasteiger partial charge in [0.05, 0.1) is 57.7 Å². The van der Waals surface area contributed by atoms with Crippen LogP contribution in [0.1, 0.15) is 52.4 Å². The van der Waals surface area contributed by atoms with Crippen LogP contribution in [0.15, 0.2) is 127 Å². The van der Waals surface area contributed by atoms with Crippen molar-refractivity contribution in [3.63, 3.8) is 0 Å². The van der Waals surface area contributed by atoms with Crippen LogP contribution < -0.4 is 15.1 Å². The van der Waals surface area contributed by atoms with Gasteiger partial charge in [0, 0.05) is 43.6 Å². The SMILES string of the molecule is COCCOC(=O)N1C(=O)C2(c3cc(C#CCC(C(=O)OC)C(=O)OC)ccc31)C(C(=O)Nc1ccc(N3CCOCC3)cc1)C1C(=O)OC(c3ccccc3)C(c3ccccc3)N1C2c1ccc(O)cc1. The smallest absolute Gasteiger partial charge is 0.421 e. The molecule has 72 heavy (non-hydrogen) atoms. The van der Waals surface area contributed by atoms with E-state index in [2.05, 4.69) is 22.1 Å². The Labute approximate surface area is 415 Å². The number of ether oxygens (including phenoxy) is 6. The van der Waals surface area contributed by atoms with Gasteiger partial charge in [0.2, 0.25) is 11.8 Å². The summed E-state index contributed by atoms with van der Waals surface area (Å²) in [6.45, 7) is 2.26. The minimum atomic E-state index is -2.18. The quantitative estimate of drug-likeness (QED) is 0.0483. The van der Waals surface area contributed by atoms with Crippen LogP contribution in [0.5, 0.6) is 5.75 Å². The number of hydrogen-bond donors (Lipinski definition) is 2. The number of morpholine rings is 2. The van der Waals surface area contributed by atoms with E-state index in [9.17, 15) is 19.5 Å². The molecular weight excluding hydrogens is 925 g/mol. The number of amides is 3. The van der Waals surface area contributed by atoms with E-state index in [0.717, 1.165) is 24.8 Å². The van der Waals surface area contributed by atoms with Gasteiger partial charge in [-0.25, -0.2) is 9.69 Å². The number of carbonyl (C=O) groups excluding carboxylic acids is 6. The van der Waals surface area contributed by atoms with Crippen LogP contribution in [0.3, 0.4) is 0 Å². The van der Waals surface area contributed by atoms with Gasteiger partial charge in [0.25, 0.3) is 0 Å². The molecule has 4 aliphatic rings. The molecule has 17 heteroatoms. The first kappa shape index (κ1) is 49.0. The maximum Gasteiger partial charge on any atom is 0.421 e. The number of rotatable bonds is 12. The zero-order valence-corrected chi connectivity index (χ0v) is 39.7. The van der Waals surface area contributed by atoms with Gasteiger partial charge in [-0.3, -0.25) is 28.9 Å². The molecule has 1 spiro atoms. The number of methoxy groups -OCH3 is 3. The lowest BCUT2D eigenvalue weighted by Crippen LogP contribution is -2.54. The van der Waals surface area contributed by atoms with E-state index in [-0.39, 0.29) is 42.2 Å². The molecule has 6 unspecified atom stereocenters. The average molecular weight is 977 g/mol. The van der Waals surface area contributed by atoms with Crippen molar-refractivity contribution < 1.29 is 62.3 Å². The van der Waals surface area contributed by atoms with Crippen molar-refractivity contribution in [3.8, 4) is 17.6 Å². The lowest BCUT2D eigenvalue weighted by molar-refractivity contribution is -0.178. The summed E-state index contributed by atoms with van der Waals surface area (Å²) >= 11 is 0. The Morgan fingerprint density at radius 3 is 2.07 bits per heavy atom. The molecule has 3 saturated heterocycles. The molecule has 4 aliphatic heterocycles. The molecule has 3 amide bonds. The van der Waals surface area contributed by atoms with E-state index in [0.29, 0.717) is 48.7 Å². The third kappa shape index (κ3) is 9.00. The molecule has 17 nitrogen and oxygen atoms in total. The molecule has 0 radical (unpaired) electrons. The molecule has 6 atom stereocenters. The van der Waals surface area contributed by atoms with Gasteiger partial charge in [-0.05, 0) is 76.9 Å². The average Bonchev–Trinajstić information content (AvgIpc) is 3.87. The van der Waals surface area contributed by atoms with Gasteiger partial charge in [0.15, 0.2) is 5.92 Å². The van der Waals surface area contributed by atoms with Crippen LogP contribution >= 0.6 is 0 Å². The molecule has 370 valence electrons. The number of aromatic hydroxyl groups is 1. The fourth-order valence-corrected chi connectivity index (χ4v) is 10.5. The van der Waals surface area contributed by atoms with Crippen molar-refractivity contribution in [1.82, 2.24) is 4.90 Å². The van der Waals surface area contributed by atoms with Crippen molar-refractivity contribution in [1.29, 1.82) is 0 Å². The summed E-state index contributed by atoms with van der Waals surface area (Å²) in [4.78, 5) is 92.4. The topological polar surface area (TPSA) is 200 Å². The van der Waals surface area contributed by atoms with E-state index in [1.54, 1.807) is 36.4 Å². The fraction of sp³-hybridized carbons (Fsp3) is 0.309. The van der Waals surface area contributed by atoms with Crippen molar-refractivity contribution in [2.75, 3.05) is 76.0 Å². The van der Waals surface area contributed by atoms with Crippen LogP contribution in [0, 0.1) is 23.7 Å². The second-order valence-electron chi connectivity index (χ2n) is 17.6. The first-order valence-corrected chi connectivity index (χ1v) is 23.4. The lowest BCUT2D eigenvalue weighted by atomic mass is 9.65. The van der Waals surface area contributed by atoms with Crippen LogP contribution in [0.2, 0.25) is 0 Å². The highest BCUT2D eigenvalue weighted by atomic mass is 16.6. The summed E-state index contributed by atoms with van der Waals surface area (Å²) in [5, 5.41) is 13.8. The molecule has 2 N–H and O–H groups in total. The van der Waals surface area contributed by atoms with Crippen LogP contribution in [0.4, 0.5) is 21.9 Å². The Morgan fingerprint density at radius 1 is 0.778 bits per heavy atom. The van der Waals surface area contributed by atoms with Crippen LogP contribution in [0.25, 0.3) is 0 Å². The number of phenols is 1. The van der Waals surface area contributed by atoms with E-state index in [1.165, 1.54) is 25.3 Å². The second kappa shape index (κ2) is 21.1. The predicted molar refractivity (Wildman–Crippen MR) is 260 cm³/mol. The number of anilines is 3. The number of nitrogens with one attached hydrogen (secondary N) is 1. The molecule has 3 fully saturated rings. The molecule has 4 heterocycles. The van der Waals surface area contributed by atoms with Gasteiger partial charge in [-0.15, -0.1) is 0 Å². The third-order valence-electron chi connectivity index (χ3n) is 13.7. The molecule has 0 aliphatic carbocycles. The van der Waals surface area contributed by atoms with Crippen molar-refractivity contribution in [3.05, 3.63) is 155 Å². The minimum Gasteiger partial charge on any atom is -0.508 e. The zero-order valence-electron chi connectivity index (χ0n) is 39.7. The number of hydrogen-bond acceptors (Lipinski definition) is 15. The number of carbonyl (C=O) groups is 6. The highest BCUT2D eigenvalue weighted by Crippen LogP contribution is 2.66. The molecule has 0 bridgehead atoms. The number of imide groups is 1. The van der Waals surface area contributed by atoms with E-state index in [1.807, 2.05) is 77.7 Å². The first-order chi connectivity index (χ1) is 35.0. The van der Waals surface area contributed by atoms with E-state index >= 15 is 14.4 Å². The van der Waals surface area contributed by atoms with Gasteiger partial charge < -0.3 is 43.7 Å². The third-order valence-corrected chi connectivity index (χ3v) is 13.7. The Hall–Kier alpha value is -8.04. The lowest BCUT2D eigenvalue weighted by Gasteiger charge is -2.46. The Morgan fingerprint density at radius 2 is 1.43 bits per heavy atom. The monoisotopic (exact) mass is 976 g/mol. The molecular formula is C55H52N4O13. The van der Waals surface area contributed by atoms with Crippen molar-refractivity contribution >= 4 is 52.9 Å². The van der Waals surface area contributed by atoms with Gasteiger partial charge >= 0.3 is 24.0 Å². The van der Waals surface area contributed by atoms with Crippen molar-refractivity contribution in [2.24, 2.45) is 11.8 Å². The van der Waals surface area contributed by atoms with Crippen molar-refractivity contribution in [2.45, 2.75) is 36.1 Å². The maximum absolute atomic E-state index is 16.4. The van der Waals surface area contributed by atoms with Gasteiger partial charge in [0.1, 0.15) is 29.9 Å². The highest BCUT2D eigenvalue weighted by molar-refractivity contribution is 6.24. The molecule has 0 saturated carbocycles. The number of esters is 3. The van der Waals surface area contributed by atoms with E-state index < -0.39 is 77.3 Å². The summed E-state index contributed by atoms with van der Waals surface area (Å²) in [6, 6.07) is 32.8. The first-order valence-electron chi connectivity index (χ1n) is 23.4. The molecule has 5 aromatic rings. The highest BCUT2D eigenvalue weighted by Gasteiger charge is 2.75. The number of benzene rings is 5. The normalized spacial score (nSPS) is 22.3. The Balaban J connectivity index is 1.30. The molecule has 9 rings (SSSR count). The number of fused-ring (bicyclic) bond motifs is 3. The molecule has 0 aromatic heterocycles. The zero-order chi connectivity index (χ0) is 50.5. The molecule has 5 aromatic carbocycles. The summed E-state index contributed by atoms with van der Waals surface area (Å²) in [5.41, 5.74) is 1.30. The summed E-state index contributed by atoms with van der Waals surface area (Å²) in [6.07, 6.45) is -2.35. The van der Waals surface area contributed by atoms with Crippen LogP contribution in [-0.4, -0.2) is 113 Å². The maximum atomic E-state index is 16.4. The predicted octanol–water partition coefficient (Wildman–Crippen LogP) is 6.02. The number of nitrogens with zero attached hydrogens (tertiary/aromatic N) is 3. The summed E-state index contributed by atoms with van der Waals surface area (Å²) < 4.78 is 32.6. The largest absolute Gasteiger partial charge is 0.508 e. The summed E-state index contributed by atoms with van der Waals surface area (Å²) in [7, 11) is 3.71. The van der Waals surface area contributed by atoms with Gasteiger partial charge in [-0.2, -0.15) is 0 Å².